The van der Waals surface area contributed by atoms with E-state index in [0.717, 1.165) is 0 Å². The molecular weight excluding hydrogens is 357 g/mol. The number of carbonyl (C=O) groups excluding carboxylic acids is 1. The average molecular weight is 366 g/mol. The van der Waals surface area contributed by atoms with Gasteiger partial charge in [-0.15, -0.1) is 0 Å². The molecule has 25 heavy (non-hydrogen) atoms. The Morgan fingerprint density at radius 2 is 1.44 bits per heavy atom. The summed E-state index contributed by atoms with van der Waals surface area (Å²) in [5.74, 6) is -16.7. The van der Waals surface area contributed by atoms with Gasteiger partial charge in [-0.05, 0) is 16.8 Å². The predicted molar refractivity (Wildman–Crippen MR) is 75.5 cm³/mol. The lowest BCUT2D eigenvalue weighted by molar-refractivity contribution is -0.342. The van der Waals surface area contributed by atoms with Crippen molar-refractivity contribution in [2.24, 2.45) is 0 Å². The molecule has 0 aromatic heterocycles. The fourth-order valence-electron chi connectivity index (χ4n) is 1.98. The van der Waals surface area contributed by atoms with Crippen LogP contribution in [0.3, 0.4) is 0 Å². The van der Waals surface area contributed by atoms with Crippen molar-refractivity contribution in [3.63, 3.8) is 0 Å². The van der Waals surface area contributed by atoms with Gasteiger partial charge in [0.05, 0.1) is 0 Å². The van der Waals surface area contributed by atoms with E-state index in [2.05, 4.69) is 0 Å². The van der Waals surface area contributed by atoms with Gasteiger partial charge in [0.25, 0.3) is 0 Å². The normalized spacial score (nSPS) is 14.0. The summed E-state index contributed by atoms with van der Waals surface area (Å²) >= 11 is 0. The second kappa shape index (κ2) is 6.05. The van der Waals surface area contributed by atoms with Crippen molar-refractivity contribution in [1.29, 1.82) is 0 Å². The van der Waals surface area contributed by atoms with Crippen LogP contribution in [0.5, 0.6) is 0 Å². The summed E-state index contributed by atoms with van der Waals surface area (Å²) in [7, 11) is 0. The van der Waals surface area contributed by atoms with Crippen LogP contribution >= 0.6 is 0 Å². The summed E-state index contributed by atoms with van der Waals surface area (Å²) < 4.78 is 88.3. The predicted octanol–water partition coefficient (Wildman–Crippen LogP) is 5.14. The molecule has 0 atom stereocenters. The van der Waals surface area contributed by atoms with Crippen molar-refractivity contribution in [2.45, 2.75) is 18.0 Å². The maximum atomic E-state index is 13.2. The first-order chi connectivity index (χ1) is 11.4. The first kappa shape index (κ1) is 18.8. The van der Waals surface area contributed by atoms with Gasteiger partial charge in [0.2, 0.25) is 5.78 Å². The van der Waals surface area contributed by atoms with E-state index in [4.69, 9.17) is 0 Å². The largest absolute Gasteiger partial charge is 0.507 e. The van der Waals surface area contributed by atoms with Gasteiger partial charge >= 0.3 is 18.0 Å². The summed E-state index contributed by atoms with van der Waals surface area (Å²) in [6.45, 7) is 0. The molecular formula is C16H9F7O2. The van der Waals surface area contributed by atoms with Crippen LogP contribution in [-0.2, 0) is 4.79 Å². The highest BCUT2D eigenvalue weighted by atomic mass is 19.4. The molecule has 0 unspecified atom stereocenters. The first-order valence-corrected chi connectivity index (χ1v) is 6.64. The van der Waals surface area contributed by atoms with Crippen LogP contribution in [0, 0.1) is 0 Å². The van der Waals surface area contributed by atoms with Crippen LogP contribution in [0.1, 0.15) is 5.56 Å². The Labute approximate surface area is 136 Å². The minimum absolute atomic E-state index is 0.196. The molecule has 0 spiro atoms. The smallest absolute Gasteiger partial charge is 0.460 e. The molecule has 2 aromatic carbocycles. The zero-order valence-corrected chi connectivity index (χ0v) is 12.1. The van der Waals surface area contributed by atoms with Crippen LogP contribution in [0.2, 0.25) is 0 Å². The van der Waals surface area contributed by atoms with Gasteiger partial charge in [0.15, 0.2) is 0 Å². The molecule has 9 heteroatoms. The molecule has 0 fully saturated rings. The van der Waals surface area contributed by atoms with Crippen molar-refractivity contribution in [3.05, 3.63) is 54.1 Å². The number of rotatable bonds is 4. The molecule has 0 saturated heterocycles. The number of halogens is 7. The van der Waals surface area contributed by atoms with E-state index in [0.29, 0.717) is 10.8 Å². The van der Waals surface area contributed by atoms with Crippen LogP contribution in [-0.4, -0.2) is 28.9 Å². The molecule has 1 N–H and O–H groups in total. The van der Waals surface area contributed by atoms with Gasteiger partial charge in [-0.2, -0.15) is 30.7 Å². The molecule has 0 aliphatic heterocycles. The van der Waals surface area contributed by atoms with E-state index in [1.807, 2.05) is 0 Å². The number of ketones is 1. The monoisotopic (exact) mass is 366 g/mol. The number of carbonyl (C=O) groups is 1. The van der Waals surface area contributed by atoms with E-state index in [-0.39, 0.29) is 11.6 Å². The maximum absolute atomic E-state index is 13.2. The summed E-state index contributed by atoms with van der Waals surface area (Å²) in [6.07, 6.45) is -6.97. The summed E-state index contributed by atoms with van der Waals surface area (Å²) in [4.78, 5) is 11.2. The Bertz CT molecular complexity index is 838. The second-order valence-corrected chi connectivity index (χ2v) is 5.10. The van der Waals surface area contributed by atoms with Crippen LogP contribution in [0.4, 0.5) is 30.7 Å². The lowest BCUT2D eigenvalue weighted by Gasteiger charge is -2.26. The SMILES string of the molecule is O=C(C=C(O)c1ccc2ccccc2c1)C(F)(F)C(F)(F)C(F)(F)F. The lowest BCUT2D eigenvalue weighted by Crippen LogP contribution is -2.55. The molecule has 0 bridgehead atoms. The van der Waals surface area contributed by atoms with Crippen molar-refractivity contribution in [3.8, 4) is 0 Å². The van der Waals surface area contributed by atoms with Crippen molar-refractivity contribution >= 4 is 22.3 Å². The quantitative estimate of drug-likeness (QED) is 0.462. The number of hydrogen-bond donors (Lipinski definition) is 1. The first-order valence-electron chi connectivity index (χ1n) is 6.64. The molecule has 0 amide bonds. The standard InChI is InChI=1S/C16H9F7O2/c17-14(18,15(19,20)16(21,22)23)13(25)8-12(24)11-6-5-9-3-1-2-4-10(9)7-11/h1-8,24H. The number of benzene rings is 2. The van der Waals surface area contributed by atoms with Gasteiger partial charge < -0.3 is 5.11 Å². The van der Waals surface area contributed by atoms with Gasteiger partial charge in [0.1, 0.15) is 5.76 Å². The highest BCUT2D eigenvalue weighted by Crippen LogP contribution is 2.47. The Balaban J connectivity index is 2.38. The van der Waals surface area contributed by atoms with Crippen molar-refractivity contribution in [1.82, 2.24) is 0 Å². The molecule has 2 aromatic rings. The van der Waals surface area contributed by atoms with Gasteiger partial charge in [0, 0.05) is 11.6 Å². The fraction of sp³-hybridized carbons (Fsp3) is 0.188. The van der Waals surface area contributed by atoms with Gasteiger partial charge in [-0.25, -0.2) is 0 Å². The molecule has 0 radical (unpaired) electrons. The highest BCUT2D eigenvalue weighted by Gasteiger charge is 2.75. The third-order valence-electron chi connectivity index (χ3n) is 3.37. The summed E-state index contributed by atoms with van der Waals surface area (Å²) in [6, 6.07) is 10.5. The number of allylic oxidation sites excluding steroid dienone is 1. The second-order valence-electron chi connectivity index (χ2n) is 5.10. The third-order valence-corrected chi connectivity index (χ3v) is 3.37. The Morgan fingerprint density at radius 3 is 2.00 bits per heavy atom. The number of fused-ring (bicyclic) bond motifs is 1. The Hall–Kier alpha value is -2.58. The minimum atomic E-state index is -6.63. The van der Waals surface area contributed by atoms with Crippen molar-refractivity contribution < 1.29 is 40.6 Å². The zero-order valence-electron chi connectivity index (χ0n) is 12.1. The molecule has 2 rings (SSSR count). The van der Waals surface area contributed by atoms with E-state index in [1.165, 1.54) is 18.2 Å². The number of aliphatic hydroxyl groups is 1. The van der Waals surface area contributed by atoms with E-state index in [9.17, 15) is 40.6 Å². The maximum Gasteiger partial charge on any atom is 0.460 e. The molecule has 0 aliphatic carbocycles. The van der Waals surface area contributed by atoms with Crippen LogP contribution < -0.4 is 0 Å². The number of hydrogen-bond acceptors (Lipinski definition) is 2. The molecule has 0 aliphatic rings. The molecule has 134 valence electrons. The van der Waals surface area contributed by atoms with Crippen LogP contribution in [0.25, 0.3) is 16.5 Å². The Kier molecular flexibility index (Phi) is 4.54. The fourth-order valence-corrected chi connectivity index (χ4v) is 1.98. The van der Waals surface area contributed by atoms with Crippen LogP contribution in [0.15, 0.2) is 48.5 Å². The Morgan fingerprint density at radius 1 is 0.880 bits per heavy atom. The van der Waals surface area contributed by atoms with Gasteiger partial charge in [-0.1, -0.05) is 36.4 Å². The number of aliphatic hydroxyl groups excluding tert-OH is 1. The molecule has 2 nitrogen and oxygen atoms in total. The lowest BCUT2D eigenvalue weighted by atomic mass is 10.0. The van der Waals surface area contributed by atoms with E-state index < -0.39 is 29.6 Å². The molecule has 0 heterocycles. The minimum Gasteiger partial charge on any atom is -0.507 e. The van der Waals surface area contributed by atoms with E-state index >= 15 is 0 Å². The topological polar surface area (TPSA) is 37.3 Å². The molecule has 0 saturated carbocycles. The summed E-state index contributed by atoms with van der Waals surface area (Å²) in [5.41, 5.74) is -0.196. The van der Waals surface area contributed by atoms with Gasteiger partial charge in [-0.3, -0.25) is 4.79 Å². The highest BCUT2D eigenvalue weighted by molar-refractivity contribution is 6.01. The average Bonchev–Trinajstić information content (AvgIpc) is 2.52. The summed E-state index contributed by atoms with van der Waals surface area (Å²) in [5, 5.41) is 10.9. The van der Waals surface area contributed by atoms with Crippen molar-refractivity contribution in [2.75, 3.05) is 0 Å². The van der Waals surface area contributed by atoms with E-state index in [1.54, 1.807) is 24.3 Å². The third kappa shape index (κ3) is 3.31. The number of alkyl halides is 7. The zero-order chi connectivity index (χ0) is 19.0.